The first-order valence-electron chi connectivity index (χ1n) is 6.92. The Morgan fingerprint density at radius 2 is 2.17 bits per heavy atom. The predicted molar refractivity (Wildman–Crippen MR) is 73.8 cm³/mol. The molecular formula is C16H23NO. The van der Waals surface area contributed by atoms with Crippen molar-refractivity contribution in [3.8, 4) is 0 Å². The van der Waals surface area contributed by atoms with Crippen molar-refractivity contribution < 1.29 is 4.79 Å². The van der Waals surface area contributed by atoms with Gasteiger partial charge in [-0.3, -0.25) is 0 Å². The Hall–Kier alpha value is -1.14. The summed E-state index contributed by atoms with van der Waals surface area (Å²) < 4.78 is 0. The van der Waals surface area contributed by atoms with E-state index in [0.717, 1.165) is 24.1 Å². The van der Waals surface area contributed by atoms with Crippen molar-refractivity contribution in [1.82, 2.24) is 0 Å². The molecule has 0 unspecified atom stereocenters. The van der Waals surface area contributed by atoms with Crippen LogP contribution in [0.1, 0.15) is 52.9 Å². The van der Waals surface area contributed by atoms with Crippen LogP contribution in [-0.4, -0.2) is 6.08 Å². The summed E-state index contributed by atoms with van der Waals surface area (Å²) in [6.45, 7) is 10.8. The summed E-state index contributed by atoms with van der Waals surface area (Å²) >= 11 is 0. The van der Waals surface area contributed by atoms with E-state index < -0.39 is 0 Å². The summed E-state index contributed by atoms with van der Waals surface area (Å²) in [5.41, 5.74) is 3.85. The first-order chi connectivity index (χ1) is 8.49. The van der Waals surface area contributed by atoms with E-state index in [4.69, 9.17) is 0 Å². The zero-order valence-corrected chi connectivity index (χ0v) is 11.8. The highest BCUT2D eigenvalue weighted by molar-refractivity contribution is 5.39. The van der Waals surface area contributed by atoms with Crippen molar-refractivity contribution in [3.63, 3.8) is 0 Å². The number of hydrogen-bond acceptors (Lipinski definition) is 2. The summed E-state index contributed by atoms with van der Waals surface area (Å²) in [7, 11) is 0. The molecule has 0 aromatic heterocycles. The molecule has 2 aliphatic carbocycles. The second-order valence-electron chi connectivity index (χ2n) is 6.38. The number of rotatable bonds is 2. The van der Waals surface area contributed by atoms with Gasteiger partial charge in [0.2, 0.25) is 6.08 Å². The van der Waals surface area contributed by atoms with Gasteiger partial charge >= 0.3 is 0 Å². The molecule has 0 bridgehead atoms. The first-order valence-corrected chi connectivity index (χ1v) is 6.92. The minimum atomic E-state index is 0.374. The van der Waals surface area contributed by atoms with Crippen molar-refractivity contribution in [2.45, 2.75) is 52.9 Å². The number of carbonyl (C=O) groups excluding carboxylic acids is 1. The van der Waals surface area contributed by atoms with Crippen LogP contribution < -0.4 is 0 Å². The highest BCUT2D eigenvalue weighted by Gasteiger charge is 2.49. The molecule has 2 aliphatic rings. The fourth-order valence-corrected chi connectivity index (χ4v) is 4.13. The van der Waals surface area contributed by atoms with Gasteiger partial charge in [0.1, 0.15) is 0 Å². The van der Waals surface area contributed by atoms with Gasteiger partial charge in [0.05, 0.1) is 5.70 Å². The Bertz CT molecular complexity index is 438. The van der Waals surface area contributed by atoms with Crippen LogP contribution in [0.4, 0.5) is 0 Å². The topological polar surface area (TPSA) is 29.4 Å². The van der Waals surface area contributed by atoms with Crippen molar-refractivity contribution >= 4 is 6.08 Å². The molecule has 2 rings (SSSR count). The fourth-order valence-electron chi connectivity index (χ4n) is 4.13. The van der Waals surface area contributed by atoms with E-state index in [2.05, 4.69) is 18.5 Å². The van der Waals surface area contributed by atoms with Gasteiger partial charge in [-0.2, -0.15) is 4.99 Å². The van der Waals surface area contributed by atoms with Crippen LogP contribution in [0.5, 0.6) is 0 Å². The van der Waals surface area contributed by atoms with E-state index in [1.807, 2.05) is 13.8 Å². The lowest BCUT2D eigenvalue weighted by molar-refractivity contribution is 0.184. The first kappa shape index (κ1) is 13.3. The van der Waals surface area contributed by atoms with Crippen LogP contribution in [0.3, 0.4) is 0 Å². The molecule has 0 aliphatic heterocycles. The molecular weight excluding hydrogens is 222 g/mol. The van der Waals surface area contributed by atoms with E-state index >= 15 is 0 Å². The van der Waals surface area contributed by atoms with E-state index in [1.165, 1.54) is 24.8 Å². The van der Waals surface area contributed by atoms with Crippen molar-refractivity contribution in [1.29, 1.82) is 0 Å². The maximum Gasteiger partial charge on any atom is 0.240 e. The molecule has 2 fully saturated rings. The number of fused-ring (bicyclic) bond motifs is 1. The highest BCUT2D eigenvalue weighted by atomic mass is 16.1. The lowest BCUT2D eigenvalue weighted by atomic mass is 9.65. The molecule has 2 saturated carbocycles. The average molecular weight is 245 g/mol. The maximum atomic E-state index is 10.6. The molecule has 18 heavy (non-hydrogen) atoms. The lowest BCUT2D eigenvalue weighted by Gasteiger charge is -2.40. The second kappa shape index (κ2) is 4.85. The molecule has 0 amide bonds. The predicted octanol–water partition coefficient (Wildman–Crippen LogP) is 4.39. The van der Waals surface area contributed by atoms with Crippen molar-refractivity contribution in [2.75, 3.05) is 0 Å². The Morgan fingerprint density at radius 1 is 1.44 bits per heavy atom. The average Bonchev–Trinajstić information content (AvgIpc) is 2.64. The molecule has 0 aromatic carbocycles. The number of isocyanates is 1. The van der Waals surface area contributed by atoms with E-state index in [9.17, 15) is 4.79 Å². The summed E-state index contributed by atoms with van der Waals surface area (Å²) in [4.78, 5) is 14.6. The van der Waals surface area contributed by atoms with Crippen LogP contribution in [0.25, 0.3) is 0 Å². The third-order valence-electron chi connectivity index (χ3n) is 4.89. The van der Waals surface area contributed by atoms with Gasteiger partial charge in [-0.15, -0.1) is 0 Å². The standard InChI is InChI=1S/C16H23NO/c1-11(2)15(17-10-18)13-7-9-16(4)8-5-6-12(3)14(13)16/h13-14H,3,5-9H2,1-2,4H3/t13-,14+,16-/m0/s1. The van der Waals surface area contributed by atoms with Crippen LogP contribution >= 0.6 is 0 Å². The van der Waals surface area contributed by atoms with Crippen LogP contribution in [-0.2, 0) is 4.79 Å². The van der Waals surface area contributed by atoms with Crippen LogP contribution in [0.2, 0.25) is 0 Å². The van der Waals surface area contributed by atoms with Gasteiger partial charge in [0, 0.05) is 5.92 Å². The number of nitrogens with zero attached hydrogens (tertiary/aromatic N) is 1. The normalized spacial score (nSPS) is 34.7. The Kier molecular flexibility index (Phi) is 3.59. The Labute approximate surface area is 110 Å². The summed E-state index contributed by atoms with van der Waals surface area (Å²) in [5.74, 6) is 0.891. The van der Waals surface area contributed by atoms with E-state index in [0.29, 0.717) is 17.3 Å². The minimum Gasteiger partial charge on any atom is -0.211 e. The third kappa shape index (κ3) is 2.10. The number of hydrogen-bond donors (Lipinski definition) is 0. The third-order valence-corrected chi connectivity index (χ3v) is 4.89. The lowest BCUT2D eigenvalue weighted by Crippen LogP contribution is -2.31. The summed E-state index contributed by atoms with van der Waals surface area (Å²) in [6, 6.07) is 0. The minimum absolute atomic E-state index is 0.374. The number of aliphatic imine (C=N–C) groups is 1. The van der Waals surface area contributed by atoms with E-state index in [-0.39, 0.29) is 0 Å². The molecule has 0 saturated heterocycles. The van der Waals surface area contributed by atoms with Crippen molar-refractivity contribution in [3.05, 3.63) is 23.4 Å². The van der Waals surface area contributed by atoms with Gasteiger partial charge in [-0.25, -0.2) is 4.79 Å². The van der Waals surface area contributed by atoms with Gasteiger partial charge in [0.15, 0.2) is 0 Å². The molecule has 3 atom stereocenters. The highest BCUT2D eigenvalue weighted by Crippen LogP contribution is 2.58. The molecule has 0 spiro atoms. The summed E-state index contributed by atoms with van der Waals surface area (Å²) in [6.07, 6.45) is 7.78. The zero-order chi connectivity index (χ0) is 13.3. The Balaban J connectivity index is 2.38. The largest absolute Gasteiger partial charge is 0.240 e. The second-order valence-corrected chi connectivity index (χ2v) is 6.38. The monoisotopic (exact) mass is 245 g/mol. The molecule has 0 radical (unpaired) electrons. The molecule has 0 N–H and O–H groups in total. The van der Waals surface area contributed by atoms with Gasteiger partial charge < -0.3 is 0 Å². The molecule has 0 aromatic rings. The zero-order valence-electron chi connectivity index (χ0n) is 11.8. The quantitative estimate of drug-likeness (QED) is 0.403. The van der Waals surface area contributed by atoms with Crippen LogP contribution in [0, 0.1) is 17.3 Å². The molecule has 0 heterocycles. The number of allylic oxidation sites excluding steroid dienone is 3. The maximum absolute atomic E-state index is 10.6. The molecule has 98 valence electrons. The SMILES string of the molecule is C=C1CCC[C@@]2(C)CC[C@H](C(N=C=O)=C(C)C)[C@@H]12. The van der Waals surface area contributed by atoms with Crippen molar-refractivity contribution in [2.24, 2.45) is 22.2 Å². The fraction of sp³-hybridized carbons (Fsp3) is 0.688. The Morgan fingerprint density at radius 3 is 2.78 bits per heavy atom. The molecule has 2 heteroatoms. The smallest absolute Gasteiger partial charge is 0.211 e. The van der Waals surface area contributed by atoms with Gasteiger partial charge in [-0.05, 0) is 57.3 Å². The molecule has 2 nitrogen and oxygen atoms in total. The summed E-state index contributed by atoms with van der Waals surface area (Å²) in [5, 5.41) is 0. The van der Waals surface area contributed by atoms with Gasteiger partial charge in [0.25, 0.3) is 0 Å². The van der Waals surface area contributed by atoms with Crippen LogP contribution in [0.15, 0.2) is 28.4 Å². The van der Waals surface area contributed by atoms with E-state index in [1.54, 1.807) is 6.08 Å². The van der Waals surface area contributed by atoms with Gasteiger partial charge in [-0.1, -0.05) is 24.6 Å².